The van der Waals surface area contributed by atoms with Crippen LogP contribution in [-0.2, 0) is 6.18 Å². The predicted molar refractivity (Wildman–Crippen MR) is 145 cm³/mol. The van der Waals surface area contributed by atoms with Crippen molar-refractivity contribution in [2.24, 2.45) is 5.41 Å². The fourth-order valence-corrected chi connectivity index (χ4v) is 6.09. The Morgan fingerprint density at radius 1 is 1.20 bits per heavy atom. The van der Waals surface area contributed by atoms with Crippen LogP contribution in [-0.4, -0.2) is 44.9 Å². The first-order valence-corrected chi connectivity index (χ1v) is 13.8. The number of fused-ring (bicyclic) bond motifs is 1. The maximum Gasteiger partial charge on any atom is 0.416 e. The largest absolute Gasteiger partial charge is 0.416 e. The highest BCUT2D eigenvalue weighted by Gasteiger charge is 2.50. The van der Waals surface area contributed by atoms with E-state index in [-0.39, 0.29) is 30.3 Å². The molecule has 5 rings (SSSR count). The van der Waals surface area contributed by atoms with E-state index in [0.29, 0.717) is 34.8 Å². The SMILES string of the molecule is N=CC1=C(Nc2ccc(F)cc2)C=C2CCN(N(O)Sc3ccc(C(F)(F)F)cc3)CC2(C(=O)c2cscn2)C1. The van der Waals surface area contributed by atoms with Crippen LogP contribution < -0.4 is 5.32 Å². The molecular weight excluding hydrogens is 566 g/mol. The Morgan fingerprint density at radius 2 is 1.93 bits per heavy atom. The lowest BCUT2D eigenvalue weighted by molar-refractivity contribution is -0.171. The van der Waals surface area contributed by atoms with Crippen LogP contribution in [0, 0.1) is 16.6 Å². The van der Waals surface area contributed by atoms with Crippen molar-refractivity contribution in [1.82, 2.24) is 14.6 Å². The summed E-state index contributed by atoms with van der Waals surface area (Å²) in [5, 5.41) is 25.4. The number of alkyl halides is 3. The molecule has 1 saturated heterocycles. The van der Waals surface area contributed by atoms with Gasteiger partial charge in [-0.15, -0.1) is 11.3 Å². The fraction of sp³-hybridized carbons (Fsp3) is 0.222. The molecule has 1 aromatic heterocycles. The van der Waals surface area contributed by atoms with E-state index in [1.165, 1.54) is 41.8 Å². The lowest BCUT2D eigenvalue weighted by Crippen LogP contribution is -2.54. The molecule has 40 heavy (non-hydrogen) atoms. The Bertz CT molecular complexity index is 1460. The van der Waals surface area contributed by atoms with Crippen LogP contribution in [0.2, 0.25) is 0 Å². The van der Waals surface area contributed by atoms with Gasteiger partial charge in [0, 0.05) is 52.9 Å². The molecular formula is C27H23F4N5O2S2. The number of hydrogen-bond acceptors (Lipinski definition) is 9. The van der Waals surface area contributed by atoms with Gasteiger partial charge in [-0.1, -0.05) is 10.2 Å². The highest BCUT2D eigenvalue weighted by molar-refractivity contribution is 7.96. The minimum Gasteiger partial charge on any atom is -0.355 e. The summed E-state index contributed by atoms with van der Waals surface area (Å²) in [5.74, 6) is -0.630. The van der Waals surface area contributed by atoms with Gasteiger partial charge in [-0.3, -0.25) is 10.0 Å². The second-order valence-corrected chi connectivity index (χ2v) is 11.1. The first-order valence-electron chi connectivity index (χ1n) is 12.1. The van der Waals surface area contributed by atoms with Gasteiger partial charge in [0.05, 0.1) is 16.5 Å². The molecule has 13 heteroatoms. The van der Waals surface area contributed by atoms with E-state index in [9.17, 15) is 27.6 Å². The summed E-state index contributed by atoms with van der Waals surface area (Å²) >= 11 is 2.11. The van der Waals surface area contributed by atoms with Crippen LogP contribution in [0.15, 0.2) is 87.2 Å². The Kier molecular flexibility index (Phi) is 7.93. The standard InChI is InChI=1S/C27H23F4N5O2S2/c28-20-3-5-21(6-4-20)34-23-11-19-9-10-35(36(38)40-22-7-1-18(2-8-22)27(29,30)31)15-26(19,12-17(23)13-32)25(37)24-14-39-16-33-24/h1-8,11,13-14,16,32,34,38H,9-10,12,15H2. The van der Waals surface area contributed by atoms with Crippen molar-refractivity contribution < 1.29 is 27.6 Å². The van der Waals surface area contributed by atoms with Crippen molar-refractivity contribution in [1.29, 1.82) is 5.41 Å². The van der Waals surface area contributed by atoms with E-state index in [0.717, 1.165) is 34.2 Å². The third-order valence-corrected chi connectivity index (χ3v) is 8.33. The van der Waals surface area contributed by atoms with Crippen molar-refractivity contribution >= 4 is 41.0 Å². The molecule has 0 amide bonds. The molecule has 2 aromatic carbocycles. The van der Waals surface area contributed by atoms with Gasteiger partial charge in [0.15, 0.2) is 5.78 Å². The smallest absolute Gasteiger partial charge is 0.355 e. The van der Waals surface area contributed by atoms with E-state index in [4.69, 9.17) is 5.41 Å². The number of hydrazine groups is 1. The van der Waals surface area contributed by atoms with Gasteiger partial charge >= 0.3 is 6.18 Å². The third kappa shape index (κ3) is 5.74. The molecule has 2 aliphatic rings. The van der Waals surface area contributed by atoms with E-state index < -0.39 is 17.2 Å². The number of nitrogens with zero attached hydrogens (tertiary/aromatic N) is 3. The van der Waals surface area contributed by atoms with Gasteiger partial charge in [0.25, 0.3) is 0 Å². The number of carbonyl (C=O) groups excluding carboxylic acids is 1. The number of hydrogen-bond donors (Lipinski definition) is 3. The van der Waals surface area contributed by atoms with Gasteiger partial charge in [-0.05, 0) is 73.0 Å². The zero-order valence-corrected chi connectivity index (χ0v) is 22.4. The number of nitrogens with one attached hydrogen (secondary N) is 2. The first kappa shape index (κ1) is 28.2. The van der Waals surface area contributed by atoms with Crippen LogP contribution in [0.5, 0.6) is 0 Å². The fourth-order valence-electron chi connectivity index (χ4n) is 4.85. The molecule has 208 valence electrons. The van der Waals surface area contributed by atoms with Crippen molar-refractivity contribution in [3.05, 3.63) is 99.4 Å². The Hall–Kier alpha value is -3.36. The molecule has 1 aliphatic carbocycles. The molecule has 1 atom stereocenters. The number of benzene rings is 2. The van der Waals surface area contributed by atoms with Crippen molar-refractivity contribution in [3.8, 4) is 0 Å². The molecule has 1 unspecified atom stereocenters. The highest BCUT2D eigenvalue weighted by atomic mass is 32.2. The molecule has 7 nitrogen and oxygen atoms in total. The third-order valence-electron chi connectivity index (χ3n) is 6.87. The maximum atomic E-state index is 13.9. The summed E-state index contributed by atoms with van der Waals surface area (Å²) < 4.78 is 53.1. The number of thiazole rings is 1. The summed E-state index contributed by atoms with van der Waals surface area (Å²) in [6, 6.07) is 10.2. The lowest BCUT2D eigenvalue weighted by atomic mass is 9.65. The minimum absolute atomic E-state index is 0.0560. The summed E-state index contributed by atoms with van der Waals surface area (Å²) in [5.41, 5.74) is 2.48. The van der Waals surface area contributed by atoms with Gasteiger partial charge in [-0.2, -0.15) is 13.2 Å². The van der Waals surface area contributed by atoms with Gasteiger partial charge < -0.3 is 10.7 Å². The molecule has 0 saturated carbocycles. The average Bonchev–Trinajstić information content (AvgIpc) is 3.48. The minimum atomic E-state index is -4.47. The molecule has 0 radical (unpaired) electrons. The van der Waals surface area contributed by atoms with Gasteiger partial charge in [-0.25, -0.2) is 14.4 Å². The first-order chi connectivity index (χ1) is 19.1. The van der Waals surface area contributed by atoms with Crippen molar-refractivity contribution in [2.45, 2.75) is 23.9 Å². The molecule has 3 aromatic rings. The van der Waals surface area contributed by atoms with E-state index in [2.05, 4.69) is 10.3 Å². The number of piperidine rings is 1. The number of rotatable bonds is 8. The number of ketones is 1. The second kappa shape index (κ2) is 11.3. The van der Waals surface area contributed by atoms with E-state index >= 15 is 0 Å². The van der Waals surface area contributed by atoms with Crippen LogP contribution in [0.4, 0.5) is 23.2 Å². The number of Topliss-reactive ketones (excluding diaryl/α,β-unsaturated/α-hetero) is 1. The normalized spacial score (nSPS) is 19.8. The van der Waals surface area contributed by atoms with Crippen LogP contribution in [0.3, 0.4) is 0 Å². The second-order valence-electron chi connectivity index (χ2n) is 9.35. The lowest BCUT2D eigenvalue weighted by Gasteiger charge is -2.46. The topological polar surface area (TPSA) is 92.5 Å². The van der Waals surface area contributed by atoms with E-state index in [1.54, 1.807) is 28.0 Å². The molecule has 1 fully saturated rings. The predicted octanol–water partition coefficient (Wildman–Crippen LogP) is 6.84. The monoisotopic (exact) mass is 589 g/mol. The number of aromatic nitrogens is 1. The zero-order chi connectivity index (χ0) is 28.5. The molecule has 3 N–H and O–H groups in total. The summed E-state index contributed by atoms with van der Waals surface area (Å²) in [7, 11) is 0. The molecule has 0 spiro atoms. The molecule has 1 aliphatic heterocycles. The summed E-state index contributed by atoms with van der Waals surface area (Å²) in [6.07, 6.45) is -0.926. The van der Waals surface area contributed by atoms with Crippen LogP contribution in [0.1, 0.15) is 28.9 Å². The van der Waals surface area contributed by atoms with Crippen molar-refractivity contribution in [2.75, 3.05) is 18.4 Å². The Labute approximate surface area is 235 Å². The van der Waals surface area contributed by atoms with Crippen LogP contribution in [0.25, 0.3) is 0 Å². The van der Waals surface area contributed by atoms with Crippen molar-refractivity contribution in [3.63, 3.8) is 0 Å². The molecule has 0 bridgehead atoms. The average molecular weight is 590 g/mol. The summed E-state index contributed by atoms with van der Waals surface area (Å²) in [6.45, 7) is 0.381. The zero-order valence-electron chi connectivity index (χ0n) is 20.8. The quantitative estimate of drug-likeness (QED) is 0.0872. The number of halogens is 4. The highest BCUT2D eigenvalue weighted by Crippen LogP contribution is 2.48. The number of carbonyl (C=O) groups is 1. The number of anilines is 1. The molecule has 2 heterocycles. The Balaban J connectivity index is 1.42. The maximum absolute atomic E-state index is 13.9. The Morgan fingerprint density at radius 3 is 2.55 bits per heavy atom. The van der Waals surface area contributed by atoms with Gasteiger partial charge in [0.2, 0.25) is 0 Å². The van der Waals surface area contributed by atoms with E-state index in [1.807, 2.05) is 6.08 Å². The van der Waals surface area contributed by atoms with Crippen LogP contribution >= 0.6 is 23.3 Å². The van der Waals surface area contributed by atoms with Gasteiger partial charge in [0.1, 0.15) is 11.5 Å². The summed E-state index contributed by atoms with van der Waals surface area (Å²) in [4.78, 5) is 18.5. The number of allylic oxidation sites excluding steroid dienone is 2.